The molecule has 0 aliphatic heterocycles. The van der Waals surface area contributed by atoms with Crippen molar-refractivity contribution in [2.45, 2.75) is 13.0 Å². The first-order valence-corrected chi connectivity index (χ1v) is 6.92. The molecule has 0 saturated heterocycles. The number of hydrogen-bond donors (Lipinski definition) is 0. The first-order chi connectivity index (χ1) is 6.56. The second-order valence-corrected chi connectivity index (χ2v) is 6.00. The quantitative estimate of drug-likeness (QED) is 0.772. The van der Waals surface area contributed by atoms with Crippen LogP contribution in [0.15, 0.2) is 15.2 Å². The lowest BCUT2D eigenvalue weighted by molar-refractivity contribution is 0.0758. The van der Waals surface area contributed by atoms with Crippen molar-refractivity contribution in [2.75, 3.05) is 12.4 Å². The van der Waals surface area contributed by atoms with Crippen LogP contribution in [0.3, 0.4) is 0 Å². The van der Waals surface area contributed by atoms with Gasteiger partial charge in [-0.1, -0.05) is 15.9 Å². The zero-order chi connectivity index (χ0) is 10.7. The zero-order valence-electron chi connectivity index (χ0n) is 7.96. The van der Waals surface area contributed by atoms with Crippen molar-refractivity contribution in [1.29, 1.82) is 0 Å². The Bertz CT molecular complexity index is 326. The molecule has 1 aromatic rings. The van der Waals surface area contributed by atoms with Crippen molar-refractivity contribution in [3.8, 4) is 0 Å². The Balaban J connectivity index is 2.75. The predicted molar refractivity (Wildman–Crippen MR) is 67.4 cm³/mol. The van der Waals surface area contributed by atoms with Gasteiger partial charge in [0.15, 0.2) is 0 Å². The van der Waals surface area contributed by atoms with E-state index in [1.54, 1.807) is 4.90 Å². The van der Waals surface area contributed by atoms with Crippen LogP contribution in [-0.2, 0) is 0 Å². The standard InChI is InChI=1S/C9H11Br2NOS/c1-6(4-10)12(2)9(13)7-3-8(11)14-5-7/h3,5-6H,4H2,1-2H3. The van der Waals surface area contributed by atoms with Crippen LogP contribution < -0.4 is 0 Å². The lowest BCUT2D eigenvalue weighted by Gasteiger charge is -2.22. The number of nitrogens with zero attached hydrogens (tertiary/aromatic N) is 1. The van der Waals surface area contributed by atoms with E-state index in [0.717, 1.165) is 14.7 Å². The number of hydrogen-bond acceptors (Lipinski definition) is 2. The van der Waals surface area contributed by atoms with Crippen LogP contribution in [0.5, 0.6) is 0 Å². The highest BCUT2D eigenvalue weighted by Gasteiger charge is 2.17. The zero-order valence-corrected chi connectivity index (χ0v) is 11.9. The maximum atomic E-state index is 11.8. The van der Waals surface area contributed by atoms with Crippen molar-refractivity contribution < 1.29 is 4.79 Å². The predicted octanol–water partition coefficient (Wildman–Crippen LogP) is 3.37. The van der Waals surface area contributed by atoms with Gasteiger partial charge in [0.2, 0.25) is 0 Å². The van der Waals surface area contributed by atoms with Gasteiger partial charge in [0, 0.05) is 23.8 Å². The number of alkyl halides is 1. The summed E-state index contributed by atoms with van der Waals surface area (Å²) in [6.45, 7) is 2.01. The summed E-state index contributed by atoms with van der Waals surface area (Å²) in [6, 6.07) is 2.06. The van der Waals surface area contributed by atoms with E-state index in [2.05, 4.69) is 31.9 Å². The van der Waals surface area contributed by atoms with E-state index in [9.17, 15) is 4.79 Å². The van der Waals surface area contributed by atoms with Gasteiger partial charge in [-0.3, -0.25) is 4.79 Å². The second-order valence-electron chi connectivity index (χ2n) is 3.06. The number of carbonyl (C=O) groups is 1. The number of thiophene rings is 1. The number of carbonyl (C=O) groups excluding carboxylic acids is 1. The molecule has 78 valence electrons. The van der Waals surface area contributed by atoms with E-state index >= 15 is 0 Å². The average molecular weight is 341 g/mol. The molecule has 1 unspecified atom stereocenters. The van der Waals surface area contributed by atoms with Gasteiger partial charge in [0.1, 0.15) is 0 Å². The van der Waals surface area contributed by atoms with Crippen molar-refractivity contribution in [1.82, 2.24) is 4.90 Å². The Morgan fingerprint density at radius 1 is 1.71 bits per heavy atom. The van der Waals surface area contributed by atoms with Crippen molar-refractivity contribution in [2.24, 2.45) is 0 Å². The lowest BCUT2D eigenvalue weighted by Crippen LogP contribution is -2.35. The highest BCUT2D eigenvalue weighted by molar-refractivity contribution is 9.11. The SMILES string of the molecule is CC(CBr)N(C)C(=O)c1csc(Br)c1. The molecule has 0 aliphatic carbocycles. The Kier molecular flexibility index (Phi) is 4.60. The molecule has 0 bridgehead atoms. The number of amides is 1. The Morgan fingerprint density at radius 2 is 2.36 bits per heavy atom. The lowest BCUT2D eigenvalue weighted by atomic mass is 10.2. The normalized spacial score (nSPS) is 12.6. The third kappa shape index (κ3) is 2.81. The molecule has 5 heteroatoms. The fourth-order valence-corrected chi connectivity index (χ4v) is 2.49. The van der Waals surface area contributed by atoms with Crippen LogP contribution >= 0.6 is 43.2 Å². The van der Waals surface area contributed by atoms with Crippen molar-refractivity contribution >= 4 is 49.1 Å². The van der Waals surface area contributed by atoms with E-state index in [4.69, 9.17) is 0 Å². The molecule has 1 heterocycles. The molecule has 1 rings (SSSR count). The van der Waals surface area contributed by atoms with E-state index in [0.29, 0.717) is 0 Å². The van der Waals surface area contributed by atoms with Crippen molar-refractivity contribution in [3.05, 3.63) is 20.8 Å². The van der Waals surface area contributed by atoms with Crippen LogP contribution in [0, 0.1) is 0 Å². The van der Waals surface area contributed by atoms with Crippen LogP contribution in [0.2, 0.25) is 0 Å². The van der Waals surface area contributed by atoms with Crippen molar-refractivity contribution in [3.63, 3.8) is 0 Å². The summed E-state index contributed by atoms with van der Waals surface area (Å²) in [5.41, 5.74) is 0.747. The monoisotopic (exact) mass is 339 g/mol. The molecule has 0 spiro atoms. The maximum absolute atomic E-state index is 11.8. The maximum Gasteiger partial charge on any atom is 0.254 e. The van der Waals surface area contributed by atoms with Gasteiger partial charge in [-0.05, 0) is 28.9 Å². The van der Waals surface area contributed by atoms with Gasteiger partial charge in [-0.25, -0.2) is 0 Å². The summed E-state index contributed by atoms with van der Waals surface area (Å²) in [5, 5.41) is 2.66. The molecular formula is C9H11Br2NOS. The minimum atomic E-state index is 0.0684. The number of rotatable bonds is 3. The number of halogens is 2. The van der Waals surface area contributed by atoms with Crippen LogP contribution in [0.25, 0.3) is 0 Å². The van der Waals surface area contributed by atoms with E-state index in [1.807, 2.05) is 25.4 Å². The summed E-state index contributed by atoms with van der Waals surface area (Å²) in [7, 11) is 1.82. The molecular weight excluding hydrogens is 330 g/mol. The third-order valence-corrected chi connectivity index (χ3v) is 4.46. The Morgan fingerprint density at radius 3 is 2.79 bits per heavy atom. The molecule has 1 amide bonds. The van der Waals surface area contributed by atoms with E-state index < -0.39 is 0 Å². The molecule has 1 aromatic heterocycles. The van der Waals surface area contributed by atoms with Gasteiger partial charge in [0.05, 0.1) is 9.35 Å². The minimum absolute atomic E-state index is 0.0684. The average Bonchev–Trinajstić information content (AvgIpc) is 2.61. The van der Waals surface area contributed by atoms with E-state index in [1.165, 1.54) is 11.3 Å². The fourth-order valence-electron chi connectivity index (χ4n) is 0.930. The largest absolute Gasteiger partial charge is 0.338 e. The smallest absolute Gasteiger partial charge is 0.254 e. The highest BCUT2D eigenvalue weighted by atomic mass is 79.9. The summed E-state index contributed by atoms with van der Waals surface area (Å²) >= 11 is 8.23. The topological polar surface area (TPSA) is 20.3 Å². The molecule has 14 heavy (non-hydrogen) atoms. The Labute approximate surface area is 105 Å². The molecule has 1 atom stereocenters. The second kappa shape index (κ2) is 5.28. The molecule has 0 N–H and O–H groups in total. The molecule has 0 radical (unpaired) electrons. The first-order valence-electron chi connectivity index (χ1n) is 4.13. The van der Waals surface area contributed by atoms with Gasteiger partial charge in [-0.2, -0.15) is 0 Å². The molecule has 0 fully saturated rings. The van der Waals surface area contributed by atoms with Gasteiger partial charge in [0.25, 0.3) is 5.91 Å². The molecule has 0 saturated carbocycles. The summed E-state index contributed by atoms with van der Waals surface area (Å²) < 4.78 is 0.987. The van der Waals surface area contributed by atoms with Crippen LogP contribution in [-0.4, -0.2) is 29.2 Å². The van der Waals surface area contributed by atoms with Crippen LogP contribution in [0.4, 0.5) is 0 Å². The van der Waals surface area contributed by atoms with E-state index in [-0.39, 0.29) is 11.9 Å². The minimum Gasteiger partial charge on any atom is -0.338 e. The fraction of sp³-hybridized carbons (Fsp3) is 0.444. The summed E-state index contributed by atoms with van der Waals surface area (Å²) in [4.78, 5) is 13.6. The van der Waals surface area contributed by atoms with Gasteiger partial charge in [-0.15, -0.1) is 11.3 Å². The molecule has 0 aliphatic rings. The van der Waals surface area contributed by atoms with Gasteiger partial charge >= 0.3 is 0 Å². The summed E-state index contributed by atoms with van der Waals surface area (Å²) in [6.07, 6.45) is 0. The third-order valence-electron chi connectivity index (χ3n) is 2.02. The molecule has 0 aromatic carbocycles. The summed E-state index contributed by atoms with van der Waals surface area (Å²) in [5.74, 6) is 0.0684. The van der Waals surface area contributed by atoms with Crippen LogP contribution in [0.1, 0.15) is 17.3 Å². The first kappa shape index (κ1) is 12.2. The van der Waals surface area contributed by atoms with Gasteiger partial charge < -0.3 is 4.90 Å². The Hall–Kier alpha value is 0.130. The molecule has 2 nitrogen and oxygen atoms in total. The highest BCUT2D eigenvalue weighted by Crippen LogP contribution is 2.22.